The number of carbonyl (C=O) groups is 1. The highest BCUT2D eigenvalue weighted by Gasteiger charge is 2.27. The van der Waals surface area contributed by atoms with Gasteiger partial charge in [-0.1, -0.05) is 44.2 Å². The Morgan fingerprint density at radius 1 is 1.15 bits per heavy atom. The first-order valence-electron chi connectivity index (χ1n) is 8.43. The van der Waals surface area contributed by atoms with Gasteiger partial charge < -0.3 is 5.32 Å². The molecule has 2 aromatic rings. The van der Waals surface area contributed by atoms with Crippen LogP contribution in [0.25, 0.3) is 0 Å². The molecule has 0 spiro atoms. The number of amides is 1. The minimum absolute atomic E-state index is 0.188. The van der Waals surface area contributed by atoms with Crippen LogP contribution in [0.3, 0.4) is 0 Å². The fraction of sp³-hybridized carbons (Fsp3) is 0.421. The molecule has 0 aliphatic rings. The van der Waals surface area contributed by atoms with Crippen LogP contribution in [-0.2, 0) is 11.2 Å². The van der Waals surface area contributed by atoms with Crippen molar-refractivity contribution in [1.29, 1.82) is 0 Å². The average molecular weight is 384 g/mol. The van der Waals surface area contributed by atoms with Crippen LogP contribution < -0.4 is 10.6 Å². The van der Waals surface area contributed by atoms with Gasteiger partial charge in [-0.2, -0.15) is 13.2 Å². The summed E-state index contributed by atoms with van der Waals surface area (Å²) in [5, 5.41) is 6.88. The Kier molecular flexibility index (Phi) is 7.23. The third-order valence-electron chi connectivity index (χ3n) is 3.74. The van der Waals surface area contributed by atoms with E-state index in [4.69, 9.17) is 0 Å². The normalized spacial score (nSPS) is 13.0. The Labute approximate surface area is 155 Å². The molecule has 142 valence electrons. The highest BCUT2D eigenvalue weighted by molar-refractivity contribution is 7.10. The van der Waals surface area contributed by atoms with Gasteiger partial charge in [0.2, 0.25) is 5.91 Å². The first-order valence-corrected chi connectivity index (χ1v) is 9.31. The smallest absolute Gasteiger partial charge is 0.346 e. The van der Waals surface area contributed by atoms with Crippen LogP contribution in [0.1, 0.15) is 35.9 Å². The maximum absolute atomic E-state index is 12.2. The SMILES string of the molecule is CC(C)Cc1ccc([C@H](NCC(=O)NCC(F)(F)F)c2cccs2)cc1. The van der Waals surface area contributed by atoms with Gasteiger partial charge >= 0.3 is 6.18 Å². The Morgan fingerprint density at radius 3 is 2.38 bits per heavy atom. The quantitative estimate of drug-likeness (QED) is 0.712. The zero-order valence-corrected chi connectivity index (χ0v) is 15.6. The monoisotopic (exact) mass is 384 g/mol. The fourth-order valence-corrected chi connectivity index (χ4v) is 3.44. The number of benzene rings is 1. The van der Waals surface area contributed by atoms with E-state index in [-0.39, 0.29) is 12.6 Å². The largest absolute Gasteiger partial charge is 0.405 e. The molecule has 0 bridgehead atoms. The van der Waals surface area contributed by atoms with Crippen molar-refractivity contribution in [2.24, 2.45) is 5.92 Å². The van der Waals surface area contributed by atoms with Crippen LogP contribution in [0, 0.1) is 5.92 Å². The summed E-state index contributed by atoms with van der Waals surface area (Å²) in [4.78, 5) is 12.7. The van der Waals surface area contributed by atoms with E-state index in [1.807, 2.05) is 35.0 Å². The number of rotatable bonds is 8. The van der Waals surface area contributed by atoms with E-state index < -0.39 is 18.6 Å². The molecule has 0 saturated carbocycles. The van der Waals surface area contributed by atoms with E-state index in [1.54, 1.807) is 0 Å². The standard InChI is InChI=1S/C19H23F3N2OS/c1-13(2)10-14-5-7-15(8-6-14)18(16-4-3-9-26-16)23-11-17(25)24-12-19(20,21)22/h3-9,13,18,23H,10-12H2,1-2H3,(H,24,25)/t18-/m0/s1. The van der Waals surface area contributed by atoms with Crippen LogP contribution in [0.4, 0.5) is 13.2 Å². The van der Waals surface area contributed by atoms with Gasteiger partial charge in [0, 0.05) is 4.88 Å². The van der Waals surface area contributed by atoms with Crippen molar-refractivity contribution in [3.63, 3.8) is 0 Å². The van der Waals surface area contributed by atoms with Crippen molar-refractivity contribution < 1.29 is 18.0 Å². The summed E-state index contributed by atoms with van der Waals surface area (Å²) in [5.74, 6) is -0.121. The average Bonchev–Trinajstić information content (AvgIpc) is 3.08. The molecule has 0 aliphatic heterocycles. The predicted octanol–water partition coefficient (Wildman–Crippen LogP) is 4.30. The van der Waals surface area contributed by atoms with Crippen molar-refractivity contribution in [3.8, 4) is 0 Å². The van der Waals surface area contributed by atoms with Crippen LogP contribution in [0.5, 0.6) is 0 Å². The van der Waals surface area contributed by atoms with Gasteiger partial charge in [-0.15, -0.1) is 11.3 Å². The maximum Gasteiger partial charge on any atom is 0.405 e. The molecule has 26 heavy (non-hydrogen) atoms. The molecule has 0 unspecified atom stereocenters. The number of alkyl halides is 3. The molecule has 3 nitrogen and oxygen atoms in total. The topological polar surface area (TPSA) is 41.1 Å². The lowest BCUT2D eigenvalue weighted by Crippen LogP contribution is -2.40. The Balaban J connectivity index is 2.04. The number of thiophene rings is 1. The minimum Gasteiger partial charge on any atom is -0.346 e. The third-order valence-corrected chi connectivity index (χ3v) is 4.67. The Morgan fingerprint density at radius 2 is 1.85 bits per heavy atom. The summed E-state index contributed by atoms with van der Waals surface area (Å²) in [6.07, 6.45) is -3.42. The molecular formula is C19H23F3N2OS. The van der Waals surface area contributed by atoms with E-state index in [2.05, 4.69) is 31.3 Å². The van der Waals surface area contributed by atoms with Crippen LogP contribution in [-0.4, -0.2) is 25.2 Å². The second kappa shape index (κ2) is 9.19. The minimum atomic E-state index is -4.41. The fourth-order valence-electron chi connectivity index (χ4n) is 2.61. The van der Waals surface area contributed by atoms with Crippen molar-refractivity contribution in [2.75, 3.05) is 13.1 Å². The predicted molar refractivity (Wildman–Crippen MR) is 98.2 cm³/mol. The first kappa shape index (κ1) is 20.5. The van der Waals surface area contributed by atoms with E-state index in [0.717, 1.165) is 16.9 Å². The van der Waals surface area contributed by atoms with Gasteiger partial charge in [0.15, 0.2) is 0 Å². The zero-order valence-electron chi connectivity index (χ0n) is 14.8. The summed E-state index contributed by atoms with van der Waals surface area (Å²) in [6.45, 7) is 2.81. The molecule has 2 N–H and O–H groups in total. The summed E-state index contributed by atoms with van der Waals surface area (Å²) >= 11 is 1.54. The zero-order chi connectivity index (χ0) is 19.2. The lowest BCUT2D eigenvalue weighted by atomic mass is 9.99. The van der Waals surface area contributed by atoms with Crippen molar-refractivity contribution in [2.45, 2.75) is 32.5 Å². The summed E-state index contributed by atoms with van der Waals surface area (Å²) in [5.41, 5.74) is 2.21. The van der Waals surface area contributed by atoms with Crippen LogP contribution in [0.2, 0.25) is 0 Å². The first-order chi connectivity index (χ1) is 12.2. The van der Waals surface area contributed by atoms with Gasteiger partial charge in [0.25, 0.3) is 0 Å². The Bertz CT molecular complexity index is 682. The van der Waals surface area contributed by atoms with Gasteiger partial charge in [0.05, 0.1) is 12.6 Å². The van der Waals surface area contributed by atoms with E-state index >= 15 is 0 Å². The molecule has 2 rings (SSSR count). The van der Waals surface area contributed by atoms with Crippen molar-refractivity contribution >= 4 is 17.2 Å². The van der Waals surface area contributed by atoms with Crippen LogP contribution >= 0.6 is 11.3 Å². The second-order valence-electron chi connectivity index (χ2n) is 6.56. The molecular weight excluding hydrogens is 361 g/mol. The highest BCUT2D eigenvalue weighted by atomic mass is 32.1. The van der Waals surface area contributed by atoms with Gasteiger partial charge in [-0.25, -0.2) is 0 Å². The second-order valence-corrected chi connectivity index (χ2v) is 7.54. The molecule has 0 aliphatic carbocycles. The molecule has 7 heteroatoms. The molecule has 1 aromatic carbocycles. The molecule has 1 amide bonds. The molecule has 0 saturated heterocycles. The lowest BCUT2D eigenvalue weighted by molar-refractivity contribution is -0.137. The Hall–Kier alpha value is -1.86. The molecule has 1 heterocycles. The van der Waals surface area contributed by atoms with E-state index in [1.165, 1.54) is 16.9 Å². The van der Waals surface area contributed by atoms with Crippen molar-refractivity contribution in [3.05, 3.63) is 57.8 Å². The molecule has 0 fully saturated rings. The summed E-state index contributed by atoms with van der Waals surface area (Å²) in [6, 6.07) is 11.7. The lowest BCUT2D eigenvalue weighted by Gasteiger charge is -2.19. The third kappa shape index (κ3) is 6.80. The van der Waals surface area contributed by atoms with Gasteiger partial charge in [0.1, 0.15) is 6.54 Å². The number of nitrogens with one attached hydrogen (secondary N) is 2. The number of hydrogen-bond acceptors (Lipinski definition) is 3. The number of carbonyl (C=O) groups excluding carboxylic acids is 1. The molecule has 1 atom stereocenters. The van der Waals surface area contributed by atoms with E-state index in [0.29, 0.717) is 5.92 Å². The van der Waals surface area contributed by atoms with Crippen LogP contribution in [0.15, 0.2) is 41.8 Å². The number of hydrogen-bond donors (Lipinski definition) is 2. The molecule has 1 aromatic heterocycles. The maximum atomic E-state index is 12.2. The highest BCUT2D eigenvalue weighted by Crippen LogP contribution is 2.26. The summed E-state index contributed by atoms with van der Waals surface area (Å²) in [7, 11) is 0. The number of halogens is 3. The van der Waals surface area contributed by atoms with Gasteiger partial charge in [-0.05, 0) is 34.9 Å². The summed E-state index contributed by atoms with van der Waals surface area (Å²) < 4.78 is 36.6. The van der Waals surface area contributed by atoms with Crippen molar-refractivity contribution in [1.82, 2.24) is 10.6 Å². The molecule has 0 radical (unpaired) electrons. The van der Waals surface area contributed by atoms with E-state index in [9.17, 15) is 18.0 Å². The van der Waals surface area contributed by atoms with Gasteiger partial charge in [-0.3, -0.25) is 10.1 Å².